The van der Waals surface area contributed by atoms with Gasteiger partial charge in [0.15, 0.2) is 0 Å². The number of nitrogens with one attached hydrogen (secondary N) is 1. The number of nitrogens with zero attached hydrogens (tertiary/aromatic N) is 1. The zero-order valence-corrected chi connectivity index (χ0v) is 12.6. The molecular formula is C14H24N2O5. The van der Waals surface area contributed by atoms with Crippen LogP contribution in [-0.2, 0) is 14.3 Å². The Balaban J connectivity index is 2.49. The highest BCUT2D eigenvalue weighted by atomic mass is 16.5. The number of likely N-dealkylation sites (tertiary alicyclic amines) is 1. The minimum atomic E-state index is -0.883. The Morgan fingerprint density at radius 2 is 2.10 bits per heavy atom. The number of carbonyl (C=O) groups is 3. The first-order valence-corrected chi connectivity index (χ1v) is 7.41. The maximum atomic E-state index is 12.1. The lowest BCUT2D eigenvalue weighted by atomic mass is 10.0. The van der Waals surface area contributed by atoms with Crippen LogP contribution in [0.5, 0.6) is 0 Å². The van der Waals surface area contributed by atoms with Crippen molar-refractivity contribution in [2.45, 2.75) is 45.6 Å². The van der Waals surface area contributed by atoms with E-state index in [0.717, 1.165) is 12.8 Å². The number of urea groups is 1. The Morgan fingerprint density at radius 3 is 2.71 bits per heavy atom. The highest BCUT2D eigenvalue weighted by Gasteiger charge is 2.33. The Labute approximate surface area is 124 Å². The maximum absolute atomic E-state index is 12.1. The lowest BCUT2D eigenvalue weighted by Gasteiger charge is -2.34. The SMILES string of the molecule is CCOC(=O)C1CCCCN1C(=O)NCCC(C)C(=O)O. The lowest BCUT2D eigenvalue weighted by Crippen LogP contribution is -2.52. The summed E-state index contributed by atoms with van der Waals surface area (Å²) in [5.41, 5.74) is 0. The molecule has 2 N–H and O–H groups in total. The number of hydrogen-bond donors (Lipinski definition) is 2. The zero-order valence-electron chi connectivity index (χ0n) is 12.6. The predicted octanol–water partition coefficient (Wildman–Crippen LogP) is 1.22. The number of carbonyl (C=O) groups excluding carboxylic acids is 2. The molecule has 2 amide bonds. The highest BCUT2D eigenvalue weighted by molar-refractivity contribution is 5.84. The summed E-state index contributed by atoms with van der Waals surface area (Å²) in [4.78, 5) is 36.2. The molecule has 0 aromatic carbocycles. The number of hydrogen-bond acceptors (Lipinski definition) is 4. The summed E-state index contributed by atoms with van der Waals surface area (Å²) in [6.07, 6.45) is 2.72. The Hall–Kier alpha value is -1.79. The van der Waals surface area contributed by atoms with Gasteiger partial charge in [-0.2, -0.15) is 0 Å². The Bertz CT molecular complexity index is 386. The third kappa shape index (κ3) is 5.24. The molecule has 1 aliphatic rings. The number of ether oxygens (including phenoxy) is 1. The van der Waals surface area contributed by atoms with Gasteiger partial charge in [0.05, 0.1) is 12.5 Å². The van der Waals surface area contributed by atoms with Gasteiger partial charge in [-0.05, 0) is 32.6 Å². The average molecular weight is 300 g/mol. The van der Waals surface area contributed by atoms with E-state index in [1.807, 2.05) is 0 Å². The molecule has 1 heterocycles. The molecule has 120 valence electrons. The van der Waals surface area contributed by atoms with Crippen molar-refractivity contribution >= 4 is 18.0 Å². The van der Waals surface area contributed by atoms with Crippen LogP contribution in [0.4, 0.5) is 4.79 Å². The largest absolute Gasteiger partial charge is 0.481 e. The van der Waals surface area contributed by atoms with Crippen LogP contribution in [0.25, 0.3) is 0 Å². The van der Waals surface area contributed by atoms with Crippen molar-refractivity contribution in [2.24, 2.45) is 5.92 Å². The first-order chi connectivity index (χ1) is 9.97. The Kier molecular flexibility index (Phi) is 6.98. The average Bonchev–Trinajstić information content (AvgIpc) is 2.47. The van der Waals surface area contributed by atoms with E-state index in [4.69, 9.17) is 9.84 Å². The van der Waals surface area contributed by atoms with Crippen molar-refractivity contribution < 1.29 is 24.2 Å². The molecule has 0 spiro atoms. The van der Waals surface area contributed by atoms with Gasteiger partial charge in [-0.1, -0.05) is 6.92 Å². The standard InChI is InChI=1S/C14H24N2O5/c1-3-21-13(19)11-6-4-5-9-16(11)14(20)15-8-7-10(2)12(17)18/h10-11H,3-9H2,1-2H3,(H,15,20)(H,17,18). The summed E-state index contributed by atoms with van der Waals surface area (Å²) in [5.74, 6) is -1.76. The Morgan fingerprint density at radius 1 is 1.38 bits per heavy atom. The van der Waals surface area contributed by atoms with Gasteiger partial charge in [0, 0.05) is 13.1 Å². The fourth-order valence-electron chi connectivity index (χ4n) is 2.28. The van der Waals surface area contributed by atoms with Crippen molar-refractivity contribution in [3.05, 3.63) is 0 Å². The number of rotatable bonds is 6. The first kappa shape index (κ1) is 17.3. The summed E-state index contributed by atoms with van der Waals surface area (Å²) in [6.45, 7) is 4.41. The lowest BCUT2D eigenvalue weighted by molar-refractivity contribution is -0.149. The van der Waals surface area contributed by atoms with Gasteiger partial charge >= 0.3 is 18.0 Å². The summed E-state index contributed by atoms with van der Waals surface area (Å²) in [5, 5.41) is 11.5. The molecule has 0 aromatic rings. The monoisotopic (exact) mass is 300 g/mol. The van der Waals surface area contributed by atoms with E-state index in [2.05, 4.69) is 5.32 Å². The second kappa shape index (κ2) is 8.49. The summed E-state index contributed by atoms with van der Waals surface area (Å²) in [7, 11) is 0. The van der Waals surface area contributed by atoms with Crippen LogP contribution < -0.4 is 5.32 Å². The number of carboxylic acids is 1. The summed E-state index contributed by atoms with van der Waals surface area (Å²) in [6, 6.07) is -0.860. The molecule has 2 unspecified atom stereocenters. The molecule has 1 fully saturated rings. The van der Waals surface area contributed by atoms with E-state index < -0.39 is 17.9 Å². The van der Waals surface area contributed by atoms with Crippen LogP contribution in [0.15, 0.2) is 0 Å². The van der Waals surface area contributed by atoms with E-state index in [1.54, 1.807) is 13.8 Å². The highest BCUT2D eigenvalue weighted by Crippen LogP contribution is 2.18. The van der Waals surface area contributed by atoms with Gasteiger partial charge in [0.1, 0.15) is 6.04 Å². The van der Waals surface area contributed by atoms with E-state index in [1.165, 1.54) is 4.90 Å². The molecule has 1 rings (SSSR count). The van der Waals surface area contributed by atoms with Crippen molar-refractivity contribution in [1.82, 2.24) is 10.2 Å². The quantitative estimate of drug-likeness (QED) is 0.719. The fraction of sp³-hybridized carbons (Fsp3) is 0.786. The van der Waals surface area contributed by atoms with E-state index in [-0.39, 0.29) is 18.5 Å². The van der Waals surface area contributed by atoms with Crippen LogP contribution in [-0.4, -0.2) is 53.7 Å². The first-order valence-electron chi connectivity index (χ1n) is 7.41. The van der Waals surface area contributed by atoms with Crippen molar-refractivity contribution in [1.29, 1.82) is 0 Å². The number of aliphatic carboxylic acids is 1. The zero-order chi connectivity index (χ0) is 15.8. The molecule has 0 aliphatic carbocycles. The van der Waals surface area contributed by atoms with Gasteiger partial charge in [-0.25, -0.2) is 9.59 Å². The summed E-state index contributed by atoms with van der Waals surface area (Å²) >= 11 is 0. The van der Waals surface area contributed by atoms with E-state index in [9.17, 15) is 14.4 Å². The van der Waals surface area contributed by atoms with Crippen molar-refractivity contribution in [3.63, 3.8) is 0 Å². The topological polar surface area (TPSA) is 95.9 Å². The van der Waals surface area contributed by atoms with Crippen molar-refractivity contribution in [3.8, 4) is 0 Å². The molecule has 2 atom stereocenters. The predicted molar refractivity (Wildman–Crippen MR) is 75.8 cm³/mol. The second-order valence-electron chi connectivity index (χ2n) is 5.22. The van der Waals surface area contributed by atoms with Crippen LogP contribution >= 0.6 is 0 Å². The normalized spacial score (nSPS) is 19.7. The molecule has 0 saturated carbocycles. The van der Waals surface area contributed by atoms with Crippen LogP contribution in [0.3, 0.4) is 0 Å². The molecule has 0 radical (unpaired) electrons. The third-order valence-corrected chi connectivity index (χ3v) is 3.60. The van der Waals surface area contributed by atoms with Crippen LogP contribution in [0, 0.1) is 5.92 Å². The molecule has 1 saturated heterocycles. The molecule has 0 aromatic heterocycles. The molecule has 7 heteroatoms. The molecular weight excluding hydrogens is 276 g/mol. The number of esters is 1. The van der Waals surface area contributed by atoms with Gasteiger partial charge in [0.25, 0.3) is 0 Å². The number of amides is 2. The smallest absolute Gasteiger partial charge is 0.328 e. The van der Waals surface area contributed by atoms with Crippen molar-refractivity contribution in [2.75, 3.05) is 19.7 Å². The third-order valence-electron chi connectivity index (χ3n) is 3.60. The van der Waals surface area contributed by atoms with E-state index in [0.29, 0.717) is 26.0 Å². The molecule has 0 bridgehead atoms. The summed E-state index contributed by atoms with van der Waals surface area (Å²) < 4.78 is 5.00. The number of carboxylic acid groups (broad SMARTS) is 1. The fourth-order valence-corrected chi connectivity index (χ4v) is 2.28. The van der Waals surface area contributed by atoms with Crippen LogP contribution in [0.2, 0.25) is 0 Å². The maximum Gasteiger partial charge on any atom is 0.328 e. The van der Waals surface area contributed by atoms with Crippen LogP contribution in [0.1, 0.15) is 39.5 Å². The van der Waals surface area contributed by atoms with Gasteiger partial charge in [0.2, 0.25) is 0 Å². The molecule has 7 nitrogen and oxygen atoms in total. The minimum absolute atomic E-state index is 0.276. The second-order valence-corrected chi connectivity index (χ2v) is 5.22. The molecule has 21 heavy (non-hydrogen) atoms. The molecule has 1 aliphatic heterocycles. The van der Waals surface area contributed by atoms with E-state index >= 15 is 0 Å². The van der Waals surface area contributed by atoms with Gasteiger partial charge < -0.3 is 20.1 Å². The van der Waals surface area contributed by atoms with Gasteiger partial charge in [-0.15, -0.1) is 0 Å². The minimum Gasteiger partial charge on any atom is -0.481 e. The van der Waals surface area contributed by atoms with Gasteiger partial charge in [-0.3, -0.25) is 4.79 Å². The number of piperidine rings is 1.